The number of carbonyl (C=O) groups excluding carboxylic acids is 2. The van der Waals surface area contributed by atoms with Crippen LogP contribution in [0.4, 0.5) is 37.4 Å². The molecule has 0 spiro atoms. The molecule has 2 aromatic heterocycles. The number of alkyl carbamates (subject to hydrolysis) is 1. The van der Waals surface area contributed by atoms with E-state index in [0.29, 0.717) is 18.4 Å². The maximum absolute atomic E-state index is 17.5. The standard InChI is InChI=1S/C42H43F5N8O5/c1-40-16-25(43)19-54(22-40)36-30-18-49-34(33(46)35(30)50-37(51-36)59-23-42-7-3-10-55(42)20-26(44)17-42)29-15-27(60-39(57)53-11-8-41(47,21-48)9-12-53)14-24-5-6-31(45)28(32(24)29)4-2-13-58-38(56)52-40/h5-6,14-15,18,25-26H,2-4,7-13,16-17,19-20,22-23H2,1H3,(H,52,56)/t25-,26-,40-,42+/m1/s1. The number of rotatable bonds is 4. The fourth-order valence-corrected chi connectivity index (χ4v) is 9.75. The minimum absolute atomic E-state index is 0.0231. The van der Waals surface area contributed by atoms with Crippen molar-refractivity contribution >= 4 is 39.7 Å². The van der Waals surface area contributed by atoms with E-state index < -0.39 is 52.9 Å². The molecule has 6 aliphatic heterocycles. The molecule has 0 unspecified atom stereocenters. The summed E-state index contributed by atoms with van der Waals surface area (Å²) >= 11 is 0. The topological polar surface area (TPSA) is 146 Å². The number of aryl methyl sites for hydroxylation is 1. The smallest absolute Gasteiger partial charge is 0.415 e. The van der Waals surface area contributed by atoms with Crippen molar-refractivity contribution in [1.29, 1.82) is 5.26 Å². The fraction of sp³-hybridized carbons (Fsp3) is 0.524. The average Bonchev–Trinajstić information content (AvgIpc) is 3.74. The third-order valence-corrected chi connectivity index (χ3v) is 12.6. The number of piperidine rings is 2. The zero-order chi connectivity index (χ0) is 42.0. The maximum atomic E-state index is 17.5. The van der Waals surface area contributed by atoms with Crippen molar-refractivity contribution in [3.05, 3.63) is 47.7 Å². The van der Waals surface area contributed by atoms with Gasteiger partial charge >= 0.3 is 18.2 Å². The molecule has 8 heterocycles. The number of amides is 2. The number of fused-ring (bicyclic) bond motifs is 7. The molecule has 2 amide bonds. The van der Waals surface area contributed by atoms with E-state index in [1.165, 1.54) is 35.4 Å². The van der Waals surface area contributed by atoms with Gasteiger partial charge in [0, 0.05) is 63.6 Å². The molecule has 13 nitrogen and oxygen atoms in total. The third kappa shape index (κ3) is 7.34. The Kier molecular flexibility index (Phi) is 10.1. The minimum atomic E-state index is -2.06. The van der Waals surface area contributed by atoms with Gasteiger partial charge in [-0.15, -0.1) is 0 Å². The van der Waals surface area contributed by atoms with E-state index in [4.69, 9.17) is 14.2 Å². The van der Waals surface area contributed by atoms with Crippen LogP contribution >= 0.6 is 0 Å². The van der Waals surface area contributed by atoms with Crippen molar-refractivity contribution in [2.45, 2.75) is 87.4 Å². The lowest BCUT2D eigenvalue weighted by atomic mass is 9.90. The van der Waals surface area contributed by atoms with Crippen molar-refractivity contribution in [3.63, 3.8) is 0 Å². The van der Waals surface area contributed by atoms with Gasteiger partial charge in [0.15, 0.2) is 11.5 Å². The molecule has 4 aromatic rings. The van der Waals surface area contributed by atoms with Crippen LogP contribution in [0.5, 0.6) is 11.8 Å². The predicted octanol–water partition coefficient (Wildman–Crippen LogP) is 6.88. The van der Waals surface area contributed by atoms with E-state index in [1.54, 1.807) is 17.9 Å². The van der Waals surface area contributed by atoms with E-state index in [-0.39, 0.29) is 135 Å². The Morgan fingerprint density at radius 3 is 2.67 bits per heavy atom. The highest BCUT2D eigenvalue weighted by Gasteiger charge is 2.49. The van der Waals surface area contributed by atoms with E-state index >= 15 is 13.2 Å². The Hall–Kier alpha value is -5.57. The third-order valence-electron chi connectivity index (χ3n) is 12.6. The van der Waals surface area contributed by atoms with Gasteiger partial charge in [-0.2, -0.15) is 15.2 Å². The second kappa shape index (κ2) is 15.2. The number of carbonyl (C=O) groups is 2. The number of nitriles is 1. The van der Waals surface area contributed by atoms with Crippen LogP contribution in [-0.4, -0.2) is 119 Å². The number of hydrogen-bond acceptors (Lipinski definition) is 11. The number of ether oxygens (including phenoxy) is 3. The molecular formula is C42H43F5N8O5. The molecule has 2 aromatic carbocycles. The Labute approximate surface area is 341 Å². The van der Waals surface area contributed by atoms with Crippen LogP contribution in [-0.2, 0) is 11.2 Å². The number of aromatic nitrogens is 3. The lowest BCUT2D eigenvalue weighted by Gasteiger charge is -2.42. The second-order valence-electron chi connectivity index (χ2n) is 17.0. The number of alkyl halides is 3. The molecule has 10 rings (SSSR count). The van der Waals surface area contributed by atoms with Crippen LogP contribution in [0.15, 0.2) is 30.5 Å². The molecule has 4 fully saturated rings. The van der Waals surface area contributed by atoms with Crippen molar-refractivity contribution in [2.24, 2.45) is 0 Å². The first-order valence-corrected chi connectivity index (χ1v) is 20.3. The number of benzene rings is 2. The summed E-state index contributed by atoms with van der Waals surface area (Å²) in [6.07, 6.45) is -1.22. The van der Waals surface area contributed by atoms with E-state index in [2.05, 4.69) is 25.2 Å². The molecule has 0 aliphatic carbocycles. The minimum Gasteiger partial charge on any atom is -0.461 e. The van der Waals surface area contributed by atoms with Crippen molar-refractivity contribution in [1.82, 2.24) is 30.1 Å². The molecule has 4 saturated heterocycles. The monoisotopic (exact) mass is 834 g/mol. The number of likely N-dealkylation sites (tertiary alicyclic amines) is 1. The normalized spacial score (nSPS) is 26.7. The van der Waals surface area contributed by atoms with Gasteiger partial charge in [0.2, 0.25) is 0 Å². The first kappa shape index (κ1) is 39.9. The summed E-state index contributed by atoms with van der Waals surface area (Å²) in [5.74, 6) is -1.52. The van der Waals surface area contributed by atoms with Gasteiger partial charge in [0.1, 0.15) is 53.6 Å². The number of halogens is 5. The maximum Gasteiger partial charge on any atom is 0.415 e. The van der Waals surface area contributed by atoms with Crippen molar-refractivity contribution < 1.29 is 45.8 Å². The molecule has 0 radical (unpaired) electrons. The van der Waals surface area contributed by atoms with Gasteiger partial charge in [0.05, 0.1) is 29.6 Å². The molecule has 18 heteroatoms. The number of nitrogens with one attached hydrogen (secondary N) is 1. The quantitative estimate of drug-likeness (QED) is 0.215. The second-order valence-corrected chi connectivity index (χ2v) is 17.0. The summed E-state index contributed by atoms with van der Waals surface area (Å²) in [5, 5.41) is 12.7. The van der Waals surface area contributed by atoms with Crippen LogP contribution < -0.4 is 19.7 Å². The number of hydrogen-bond donors (Lipinski definition) is 1. The highest BCUT2D eigenvalue weighted by atomic mass is 19.2. The lowest BCUT2D eigenvalue weighted by molar-refractivity contribution is 0.0938. The van der Waals surface area contributed by atoms with Crippen LogP contribution in [0.3, 0.4) is 0 Å². The molecule has 1 N–H and O–H groups in total. The van der Waals surface area contributed by atoms with Crippen LogP contribution in [0.1, 0.15) is 57.4 Å². The fourth-order valence-electron chi connectivity index (χ4n) is 9.75. The largest absolute Gasteiger partial charge is 0.461 e. The van der Waals surface area contributed by atoms with E-state index in [9.17, 15) is 23.6 Å². The Morgan fingerprint density at radius 1 is 1.07 bits per heavy atom. The number of nitrogens with zero attached hydrogens (tertiary/aromatic N) is 7. The molecule has 6 bridgehead atoms. The molecular weight excluding hydrogens is 792 g/mol. The average molecular weight is 835 g/mol. The van der Waals surface area contributed by atoms with Gasteiger partial charge in [0.25, 0.3) is 0 Å². The number of pyridine rings is 1. The zero-order valence-corrected chi connectivity index (χ0v) is 32.9. The first-order valence-electron chi connectivity index (χ1n) is 20.3. The molecule has 4 atom stereocenters. The summed E-state index contributed by atoms with van der Waals surface area (Å²) in [7, 11) is 0. The molecule has 60 heavy (non-hydrogen) atoms. The van der Waals surface area contributed by atoms with Crippen LogP contribution in [0.2, 0.25) is 0 Å². The molecule has 0 saturated carbocycles. The van der Waals surface area contributed by atoms with Crippen LogP contribution in [0, 0.1) is 23.0 Å². The first-order chi connectivity index (χ1) is 28.7. The highest BCUT2D eigenvalue weighted by Crippen LogP contribution is 2.43. The summed E-state index contributed by atoms with van der Waals surface area (Å²) in [5.41, 5.74) is -4.12. The van der Waals surface area contributed by atoms with E-state index in [1.807, 2.05) is 0 Å². The van der Waals surface area contributed by atoms with Crippen molar-refractivity contribution in [3.8, 4) is 29.1 Å². The Bertz CT molecular complexity index is 2430. The Morgan fingerprint density at radius 2 is 1.87 bits per heavy atom. The number of anilines is 1. The predicted molar refractivity (Wildman–Crippen MR) is 208 cm³/mol. The summed E-state index contributed by atoms with van der Waals surface area (Å²) in [4.78, 5) is 45.2. The van der Waals surface area contributed by atoms with E-state index in [0.717, 1.165) is 6.42 Å². The van der Waals surface area contributed by atoms with Crippen molar-refractivity contribution in [2.75, 3.05) is 57.4 Å². The highest BCUT2D eigenvalue weighted by molar-refractivity contribution is 6.02. The van der Waals surface area contributed by atoms with Gasteiger partial charge < -0.3 is 29.3 Å². The summed E-state index contributed by atoms with van der Waals surface area (Å²) < 4.78 is 96.0. The van der Waals surface area contributed by atoms with Gasteiger partial charge in [-0.3, -0.25) is 9.88 Å². The summed E-state index contributed by atoms with van der Waals surface area (Å²) in [6, 6.07) is 6.95. The van der Waals surface area contributed by atoms with Crippen LogP contribution in [0.25, 0.3) is 32.9 Å². The molecule has 316 valence electrons. The van der Waals surface area contributed by atoms with Gasteiger partial charge in [-0.25, -0.2) is 31.5 Å². The SMILES string of the molecule is C[C@@]12C[C@@H](F)CN(C1)c1nc(OC[C@@]34CCCN3C[C@H](F)C4)nc3c(F)c(ncc13)-c1cc(OC(=O)N3CCC(F)(C#N)CC3)cc3ccc(F)c(c13)CCCOC(=O)N2. The van der Waals surface area contributed by atoms with Gasteiger partial charge in [-0.1, -0.05) is 6.07 Å². The molecule has 6 aliphatic rings. The summed E-state index contributed by atoms with van der Waals surface area (Å²) in [6.45, 7) is 2.29. The lowest BCUT2D eigenvalue weighted by Crippen LogP contribution is -2.60. The zero-order valence-electron chi connectivity index (χ0n) is 32.9. The van der Waals surface area contributed by atoms with Gasteiger partial charge in [-0.05, 0) is 73.7 Å². The Balaban J connectivity index is 1.19.